The summed E-state index contributed by atoms with van der Waals surface area (Å²) < 4.78 is 64.3. The van der Waals surface area contributed by atoms with Gasteiger partial charge in [0.1, 0.15) is 9.75 Å². The van der Waals surface area contributed by atoms with Crippen molar-refractivity contribution in [1.29, 1.82) is 0 Å². The Kier molecular flexibility index (Phi) is 4.93. The summed E-state index contributed by atoms with van der Waals surface area (Å²) in [5, 5.41) is 9.73. The van der Waals surface area contributed by atoms with Crippen LogP contribution in [0.15, 0.2) is 52.7 Å². The second-order valence-electron chi connectivity index (χ2n) is 6.72. The zero-order valence-electron chi connectivity index (χ0n) is 14.5. The Bertz CT molecular complexity index is 1030. The van der Waals surface area contributed by atoms with E-state index in [1.807, 2.05) is 0 Å². The molecular formula is C18H16F3NO4S2. The molecule has 1 heterocycles. The van der Waals surface area contributed by atoms with Crippen molar-refractivity contribution >= 4 is 33.4 Å². The van der Waals surface area contributed by atoms with E-state index in [1.165, 1.54) is 6.07 Å². The number of nitrogens with one attached hydrogen (secondary N) is 1. The standard InChI is InChI=1S/C18H16F3NO4S2/c1-16(12-5-3-2-4-6-12)11-17(16,15(23)24)22-28(25,26)14-8-7-13(27-14)9-10-18(19,20)21/h2-10,22H,11H2,1H3,(H,23,24)/b10-9+/t16-,17-/m1/s1. The van der Waals surface area contributed by atoms with Crippen LogP contribution in [0.1, 0.15) is 23.8 Å². The lowest BCUT2D eigenvalue weighted by molar-refractivity contribution is -0.140. The number of carboxylic acid groups (broad SMARTS) is 1. The number of aliphatic carboxylic acids is 1. The fraction of sp³-hybridized carbons (Fsp3) is 0.278. The first-order valence-electron chi connectivity index (χ1n) is 8.08. The largest absolute Gasteiger partial charge is 0.480 e. The van der Waals surface area contributed by atoms with E-state index in [0.29, 0.717) is 16.9 Å². The van der Waals surface area contributed by atoms with E-state index in [4.69, 9.17) is 0 Å². The van der Waals surface area contributed by atoms with Gasteiger partial charge < -0.3 is 5.11 Å². The first kappa shape index (κ1) is 20.6. The average molecular weight is 431 g/mol. The molecule has 3 rings (SSSR count). The molecule has 150 valence electrons. The van der Waals surface area contributed by atoms with Gasteiger partial charge in [-0.3, -0.25) is 4.79 Å². The van der Waals surface area contributed by atoms with Crippen LogP contribution in [0.25, 0.3) is 6.08 Å². The highest BCUT2D eigenvalue weighted by Gasteiger charge is 2.72. The molecular weight excluding hydrogens is 415 g/mol. The highest BCUT2D eigenvalue weighted by molar-refractivity contribution is 7.91. The van der Waals surface area contributed by atoms with Gasteiger partial charge in [0.05, 0.1) is 0 Å². The minimum absolute atomic E-state index is 0.00869. The van der Waals surface area contributed by atoms with Crippen molar-refractivity contribution < 1.29 is 31.5 Å². The summed E-state index contributed by atoms with van der Waals surface area (Å²) in [5.41, 5.74) is -1.98. The van der Waals surface area contributed by atoms with Crippen LogP contribution in [-0.2, 0) is 20.2 Å². The number of carboxylic acids is 1. The number of carbonyl (C=O) groups is 1. The summed E-state index contributed by atoms with van der Waals surface area (Å²) in [7, 11) is -4.24. The zero-order valence-corrected chi connectivity index (χ0v) is 16.2. The van der Waals surface area contributed by atoms with Crippen LogP contribution in [0.5, 0.6) is 0 Å². The highest BCUT2D eigenvalue weighted by Crippen LogP contribution is 2.58. The smallest absolute Gasteiger partial charge is 0.409 e. The lowest BCUT2D eigenvalue weighted by atomic mass is 9.93. The molecule has 1 aromatic carbocycles. The van der Waals surface area contributed by atoms with E-state index in [0.717, 1.165) is 12.1 Å². The third-order valence-electron chi connectivity index (χ3n) is 4.82. The van der Waals surface area contributed by atoms with Gasteiger partial charge in [-0.15, -0.1) is 11.3 Å². The van der Waals surface area contributed by atoms with E-state index in [-0.39, 0.29) is 21.6 Å². The Balaban J connectivity index is 1.88. The molecule has 1 aliphatic rings. The molecule has 0 unspecified atom stereocenters. The SMILES string of the molecule is C[C@]1(c2ccccc2)C[C@@]1(NS(=O)(=O)c1ccc(/C=C/C(F)(F)F)s1)C(=O)O. The number of rotatable bonds is 6. The second kappa shape index (κ2) is 6.71. The summed E-state index contributed by atoms with van der Waals surface area (Å²) in [6.45, 7) is 1.66. The Morgan fingerprint density at radius 3 is 2.43 bits per heavy atom. The molecule has 5 nitrogen and oxygen atoms in total. The fourth-order valence-electron chi connectivity index (χ4n) is 3.17. The number of allylic oxidation sites excluding steroid dienone is 1. The quantitative estimate of drug-likeness (QED) is 0.729. The van der Waals surface area contributed by atoms with E-state index in [1.54, 1.807) is 37.3 Å². The molecule has 2 N–H and O–H groups in total. The maximum absolute atomic E-state index is 12.7. The van der Waals surface area contributed by atoms with E-state index in [9.17, 15) is 31.5 Å². The zero-order chi connectivity index (χ0) is 20.8. The third-order valence-corrected chi connectivity index (χ3v) is 7.86. The number of alkyl halides is 3. The molecule has 0 radical (unpaired) electrons. The monoisotopic (exact) mass is 431 g/mol. The van der Waals surface area contributed by atoms with Crippen molar-refractivity contribution in [2.45, 2.75) is 34.7 Å². The minimum atomic E-state index is -4.51. The number of sulfonamides is 1. The summed E-state index contributed by atoms with van der Waals surface area (Å²) in [6, 6.07) is 11.1. The van der Waals surface area contributed by atoms with Crippen molar-refractivity contribution in [1.82, 2.24) is 4.72 Å². The summed E-state index contributed by atoms with van der Waals surface area (Å²) in [4.78, 5) is 12.0. The van der Waals surface area contributed by atoms with Gasteiger partial charge in [0.15, 0.2) is 0 Å². The molecule has 1 fully saturated rings. The maximum Gasteiger partial charge on any atom is 0.409 e. The molecule has 1 saturated carbocycles. The number of halogens is 3. The van der Waals surface area contributed by atoms with Gasteiger partial charge in [-0.25, -0.2) is 8.42 Å². The van der Waals surface area contributed by atoms with Crippen LogP contribution in [0.2, 0.25) is 0 Å². The van der Waals surface area contributed by atoms with E-state index in [2.05, 4.69) is 4.72 Å². The molecule has 2 aromatic rings. The van der Waals surface area contributed by atoms with Crippen molar-refractivity contribution in [2.75, 3.05) is 0 Å². The molecule has 1 aromatic heterocycles. The predicted octanol–water partition coefficient (Wildman–Crippen LogP) is 3.79. The first-order chi connectivity index (χ1) is 12.9. The van der Waals surface area contributed by atoms with Crippen molar-refractivity contribution in [3.05, 3.63) is 59.0 Å². The fourth-order valence-corrected chi connectivity index (χ4v) is 5.85. The van der Waals surface area contributed by atoms with Gasteiger partial charge in [-0.2, -0.15) is 17.9 Å². The minimum Gasteiger partial charge on any atom is -0.480 e. The molecule has 0 amide bonds. The van der Waals surface area contributed by atoms with Crippen molar-refractivity contribution in [2.24, 2.45) is 0 Å². The number of hydrogen-bond acceptors (Lipinski definition) is 4. The molecule has 2 atom stereocenters. The Morgan fingerprint density at radius 2 is 1.86 bits per heavy atom. The predicted molar refractivity (Wildman–Crippen MR) is 98.5 cm³/mol. The van der Waals surface area contributed by atoms with Gasteiger partial charge in [0.25, 0.3) is 10.0 Å². The highest BCUT2D eigenvalue weighted by atomic mass is 32.2. The lowest BCUT2D eigenvalue weighted by Gasteiger charge is -2.20. The van der Waals surface area contributed by atoms with Crippen LogP contribution in [0.3, 0.4) is 0 Å². The molecule has 28 heavy (non-hydrogen) atoms. The lowest BCUT2D eigenvalue weighted by Crippen LogP contribution is -2.47. The van der Waals surface area contributed by atoms with Gasteiger partial charge >= 0.3 is 12.1 Å². The summed E-state index contributed by atoms with van der Waals surface area (Å²) in [6.07, 6.45) is -3.68. The Morgan fingerprint density at radius 1 is 1.21 bits per heavy atom. The van der Waals surface area contributed by atoms with Crippen molar-refractivity contribution in [3.63, 3.8) is 0 Å². The molecule has 0 saturated heterocycles. The topological polar surface area (TPSA) is 83.5 Å². The summed E-state index contributed by atoms with van der Waals surface area (Å²) >= 11 is 0.626. The maximum atomic E-state index is 12.7. The molecule has 10 heteroatoms. The number of benzene rings is 1. The van der Waals surface area contributed by atoms with Crippen LogP contribution in [0.4, 0.5) is 13.2 Å². The molecule has 0 aliphatic heterocycles. The second-order valence-corrected chi connectivity index (χ2v) is 9.75. The van der Waals surface area contributed by atoms with Crippen LogP contribution in [0, 0.1) is 0 Å². The average Bonchev–Trinajstić information content (AvgIpc) is 2.98. The van der Waals surface area contributed by atoms with Crippen LogP contribution >= 0.6 is 11.3 Å². The molecule has 1 aliphatic carbocycles. The Hall–Kier alpha value is -2.17. The van der Waals surface area contributed by atoms with Gasteiger partial charge in [0.2, 0.25) is 0 Å². The van der Waals surface area contributed by atoms with E-state index < -0.39 is 33.1 Å². The normalized spacial score (nSPS) is 25.1. The van der Waals surface area contributed by atoms with Gasteiger partial charge in [0, 0.05) is 16.4 Å². The Labute approximate surface area is 163 Å². The number of hydrogen-bond donors (Lipinski definition) is 2. The first-order valence-corrected chi connectivity index (χ1v) is 10.4. The summed E-state index contributed by atoms with van der Waals surface area (Å²) in [5.74, 6) is -1.31. The van der Waals surface area contributed by atoms with Crippen molar-refractivity contribution in [3.8, 4) is 0 Å². The third kappa shape index (κ3) is 3.71. The van der Waals surface area contributed by atoms with Gasteiger partial charge in [-0.05, 0) is 30.2 Å². The number of thiophene rings is 1. The van der Waals surface area contributed by atoms with E-state index >= 15 is 0 Å². The molecule has 0 spiro atoms. The molecule has 0 bridgehead atoms. The van der Waals surface area contributed by atoms with Crippen LogP contribution < -0.4 is 4.72 Å². The van der Waals surface area contributed by atoms with Crippen LogP contribution in [-0.4, -0.2) is 31.2 Å². The van der Waals surface area contributed by atoms with Gasteiger partial charge in [-0.1, -0.05) is 37.3 Å².